The van der Waals surface area contributed by atoms with E-state index >= 15 is 0 Å². The smallest absolute Gasteiger partial charge is 0.234 e. The summed E-state index contributed by atoms with van der Waals surface area (Å²) >= 11 is 1.53. The maximum absolute atomic E-state index is 11.1. The summed E-state index contributed by atoms with van der Waals surface area (Å²) in [6.45, 7) is 0. The Kier molecular flexibility index (Phi) is 2.36. The average molecular weight is 191 g/mol. The highest BCUT2D eigenvalue weighted by Crippen LogP contribution is 2.19. The quantitative estimate of drug-likeness (QED) is 0.734. The Labute approximate surface area is 81.0 Å². The molecule has 0 fully saturated rings. The van der Waals surface area contributed by atoms with Crippen molar-refractivity contribution < 1.29 is 4.79 Å². The Balaban J connectivity index is 2.27. The molecule has 0 radical (unpaired) electrons. The molecule has 0 aliphatic carbocycles. The van der Waals surface area contributed by atoms with Crippen molar-refractivity contribution in [1.82, 2.24) is 5.32 Å². The van der Waals surface area contributed by atoms with Crippen molar-refractivity contribution in [2.24, 2.45) is 0 Å². The van der Waals surface area contributed by atoms with Crippen molar-refractivity contribution in [3.63, 3.8) is 0 Å². The van der Waals surface area contributed by atoms with E-state index in [0.717, 1.165) is 11.3 Å². The molecule has 0 bridgehead atoms. The Hall–Kier alpha value is -1.22. The van der Waals surface area contributed by atoms with E-state index in [1.165, 1.54) is 11.8 Å². The van der Waals surface area contributed by atoms with Crippen LogP contribution in [0.3, 0.4) is 0 Å². The zero-order chi connectivity index (χ0) is 9.10. The number of amides is 1. The minimum atomic E-state index is 0.0753. The Morgan fingerprint density at radius 2 is 2.00 bits per heavy atom. The van der Waals surface area contributed by atoms with E-state index < -0.39 is 0 Å². The molecule has 13 heavy (non-hydrogen) atoms. The lowest BCUT2D eigenvalue weighted by molar-refractivity contribution is -0.117. The first kappa shape index (κ1) is 8.38. The molecule has 1 aliphatic rings. The second-order valence-corrected chi connectivity index (χ2v) is 3.61. The van der Waals surface area contributed by atoms with Gasteiger partial charge in [-0.25, -0.2) is 0 Å². The minimum absolute atomic E-state index is 0.0753. The second kappa shape index (κ2) is 3.66. The molecule has 1 aromatic rings. The monoisotopic (exact) mass is 191 g/mol. The zero-order valence-electron chi connectivity index (χ0n) is 6.99. The number of benzene rings is 1. The van der Waals surface area contributed by atoms with Crippen molar-refractivity contribution in [1.29, 1.82) is 0 Å². The van der Waals surface area contributed by atoms with Gasteiger partial charge in [0.15, 0.2) is 0 Å². The van der Waals surface area contributed by atoms with Crippen molar-refractivity contribution in [2.75, 3.05) is 5.75 Å². The molecule has 0 unspecified atom stereocenters. The maximum Gasteiger partial charge on any atom is 0.234 e. The van der Waals surface area contributed by atoms with E-state index in [4.69, 9.17) is 0 Å². The first-order valence-corrected chi connectivity index (χ1v) is 5.08. The van der Waals surface area contributed by atoms with Gasteiger partial charge in [0.05, 0.1) is 11.4 Å². The van der Waals surface area contributed by atoms with Crippen LogP contribution in [0.5, 0.6) is 0 Å². The minimum Gasteiger partial charge on any atom is -0.324 e. The van der Waals surface area contributed by atoms with Gasteiger partial charge < -0.3 is 5.32 Å². The van der Waals surface area contributed by atoms with E-state index in [1.54, 1.807) is 0 Å². The number of rotatable bonds is 1. The molecule has 0 aromatic heterocycles. The molecule has 1 N–H and O–H groups in total. The van der Waals surface area contributed by atoms with E-state index in [9.17, 15) is 4.79 Å². The summed E-state index contributed by atoms with van der Waals surface area (Å²) in [5, 5.41) is 4.82. The molecule has 1 aromatic carbocycles. The molecular weight excluding hydrogens is 182 g/mol. The Morgan fingerprint density at radius 3 is 2.69 bits per heavy atom. The fraction of sp³-hybridized carbons (Fsp3) is 0.100. The Bertz CT molecular complexity index is 345. The number of nitrogens with one attached hydrogen (secondary N) is 1. The number of carbonyl (C=O) groups excluding carboxylic acids is 1. The molecule has 2 rings (SSSR count). The van der Waals surface area contributed by atoms with Gasteiger partial charge in [0.25, 0.3) is 0 Å². The van der Waals surface area contributed by atoms with Gasteiger partial charge in [0.1, 0.15) is 0 Å². The summed E-state index contributed by atoms with van der Waals surface area (Å²) < 4.78 is 0. The summed E-state index contributed by atoms with van der Waals surface area (Å²) in [6.07, 6.45) is 0. The zero-order valence-corrected chi connectivity index (χ0v) is 7.80. The van der Waals surface area contributed by atoms with Crippen LogP contribution in [0.2, 0.25) is 0 Å². The molecular formula is C10H9NOS. The van der Waals surface area contributed by atoms with Crippen LogP contribution in [0.1, 0.15) is 5.56 Å². The molecule has 2 nitrogen and oxygen atoms in total. The van der Waals surface area contributed by atoms with Crippen LogP contribution in [-0.4, -0.2) is 11.7 Å². The van der Waals surface area contributed by atoms with Crippen LogP contribution in [0.15, 0.2) is 35.7 Å². The van der Waals surface area contributed by atoms with Crippen LogP contribution < -0.4 is 5.32 Å². The van der Waals surface area contributed by atoms with Crippen LogP contribution in [0.4, 0.5) is 0 Å². The summed E-state index contributed by atoms with van der Waals surface area (Å²) in [7, 11) is 0. The highest BCUT2D eigenvalue weighted by Gasteiger charge is 2.10. The highest BCUT2D eigenvalue weighted by atomic mass is 32.2. The van der Waals surface area contributed by atoms with Crippen LogP contribution in [0, 0.1) is 0 Å². The second-order valence-electron chi connectivity index (χ2n) is 2.76. The normalized spacial score (nSPS) is 16.3. The van der Waals surface area contributed by atoms with Gasteiger partial charge in [-0.15, -0.1) is 11.8 Å². The predicted octanol–water partition coefficient (Wildman–Crippen LogP) is 1.85. The number of thioether (sulfide) groups is 1. The third kappa shape index (κ3) is 1.92. The SMILES string of the molecule is O=C1CSC=C(c2ccccc2)N1. The average Bonchev–Trinajstić information content (AvgIpc) is 2.19. The molecule has 3 heteroatoms. The number of hydrogen-bond donors (Lipinski definition) is 1. The lowest BCUT2D eigenvalue weighted by atomic mass is 10.2. The van der Waals surface area contributed by atoms with Gasteiger partial charge >= 0.3 is 0 Å². The molecule has 0 saturated heterocycles. The van der Waals surface area contributed by atoms with E-state index in [1.807, 2.05) is 35.7 Å². The topological polar surface area (TPSA) is 29.1 Å². The third-order valence-corrected chi connectivity index (χ3v) is 2.61. The van der Waals surface area contributed by atoms with Crippen LogP contribution >= 0.6 is 11.8 Å². The molecule has 66 valence electrons. The van der Waals surface area contributed by atoms with Crippen molar-refractivity contribution in [3.05, 3.63) is 41.3 Å². The molecule has 0 saturated carbocycles. The summed E-state index contributed by atoms with van der Waals surface area (Å²) in [5.74, 6) is 0.599. The van der Waals surface area contributed by atoms with Crippen molar-refractivity contribution in [2.45, 2.75) is 0 Å². The van der Waals surface area contributed by atoms with Gasteiger partial charge in [0.2, 0.25) is 5.91 Å². The molecule has 1 heterocycles. The summed E-state index contributed by atoms with van der Waals surface area (Å²) in [6, 6.07) is 9.85. The van der Waals surface area contributed by atoms with Gasteiger partial charge in [-0.3, -0.25) is 4.79 Å². The predicted molar refractivity (Wildman–Crippen MR) is 55.0 cm³/mol. The van der Waals surface area contributed by atoms with Gasteiger partial charge in [0, 0.05) is 0 Å². The van der Waals surface area contributed by atoms with Crippen molar-refractivity contribution >= 4 is 23.4 Å². The highest BCUT2D eigenvalue weighted by molar-refractivity contribution is 8.03. The molecule has 1 aliphatic heterocycles. The van der Waals surface area contributed by atoms with Crippen LogP contribution in [-0.2, 0) is 4.79 Å². The van der Waals surface area contributed by atoms with E-state index in [2.05, 4.69) is 5.32 Å². The summed E-state index contributed by atoms with van der Waals surface area (Å²) in [5.41, 5.74) is 1.96. The van der Waals surface area contributed by atoms with E-state index in [0.29, 0.717) is 5.75 Å². The van der Waals surface area contributed by atoms with E-state index in [-0.39, 0.29) is 5.91 Å². The van der Waals surface area contributed by atoms with Crippen molar-refractivity contribution in [3.8, 4) is 0 Å². The molecule has 0 atom stereocenters. The van der Waals surface area contributed by atoms with Gasteiger partial charge in [-0.05, 0) is 11.0 Å². The van der Waals surface area contributed by atoms with Crippen LogP contribution in [0.25, 0.3) is 5.70 Å². The van der Waals surface area contributed by atoms with Gasteiger partial charge in [-0.1, -0.05) is 30.3 Å². The molecule has 1 amide bonds. The first-order valence-electron chi connectivity index (χ1n) is 4.03. The first-order chi connectivity index (χ1) is 6.36. The van der Waals surface area contributed by atoms with Gasteiger partial charge in [-0.2, -0.15) is 0 Å². The Morgan fingerprint density at radius 1 is 1.23 bits per heavy atom. The largest absolute Gasteiger partial charge is 0.324 e. The maximum atomic E-state index is 11.1. The third-order valence-electron chi connectivity index (χ3n) is 1.77. The number of carbonyl (C=O) groups is 1. The lowest BCUT2D eigenvalue weighted by Gasteiger charge is -2.13. The fourth-order valence-corrected chi connectivity index (χ4v) is 1.84. The fourth-order valence-electron chi connectivity index (χ4n) is 1.17. The number of hydrogen-bond acceptors (Lipinski definition) is 2. The summed E-state index contributed by atoms with van der Waals surface area (Å²) in [4.78, 5) is 11.1. The standard InChI is InChI=1S/C10H9NOS/c12-10-7-13-6-9(11-10)8-4-2-1-3-5-8/h1-6H,7H2,(H,11,12). The lowest BCUT2D eigenvalue weighted by Crippen LogP contribution is -2.26. The molecule has 0 spiro atoms.